The zero-order valence-electron chi connectivity index (χ0n) is 26.1. The molecule has 1 aliphatic rings. The van der Waals surface area contributed by atoms with Crippen molar-refractivity contribution in [3.05, 3.63) is 18.2 Å². The topological polar surface area (TPSA) is 238 Å². The molecule has 0 saturated carbocycles. The fraction of sp³-hybridized carbons (Fsp3) is 0.607. The summed E-state index contributed by atoms with van der Waals surface area (Å²) in [5.74, 6) is -5.89. The van der Waals surface area contributed by atoms with Gasteiger partial charge in [0, 0.05) is 32.4 Å². The van der Waals surface area contributed by atoms with Gasteiger partial charge in [-0.2, -0.15) is 0 Å². The molecule has 0 bridgehead atoms. The zero-order chi connectivity index (χ0) is 33.7. The molecule has 2 rings (SSSR count). The first-order valence-corrected chi connectivity index (χ1v) is 14.7. The molecular weight excluding hydrogens is 592 g/mol. The highest BCUT2D eigenvalue weighted by Gasteiger charge is 2.34. The second-order valence-electron chi connectivity index (χ2n) is 11.1. The summed E-state index contributed by atoms with van der Waals surface area (Å²) < 4.78 is 0. The molecule has 17 heteroatoms. The summed E-state index contributed by atoms with van der Waals surface area (Å²) in [7, 11) is 0. The highest BCUT2D eigenvalue weighted by Crippen LogP contribution is 2.13. The Kier molecular flexibility index (Phi) is 14.1. The van der Waals surface area contributed by atoms with E-state index in [1.807, 2.05) is 20.8 Å². The summed E-state index contributed by atoms with van der Waals surface area (Å²) in [5, 5.41) is 12.9. The first kappa shape index (κ1) is 36.4. The third-order valence-corrected chi connectivity index (χ3v) is 6.85. The van der Waals surface area contributed by atoms with Gasteiger partial charge < -0.3 is 36.4 Å². The van der Waals surface area contributed by atoms with E-state index < -0.39 is 78.5 Å². The molecule has 17 nitrogen and oxygen atoms in total. The number of hydrogen-bond donors (Lipinski definition) is 6. The molecule has 0 radical (unpaired) electrons. The number of imidazole rings is 1. The predicted octanol–water partition coefficient (Wildman–Crippen LogP) is -1.64. The van der Waals surface area contributed by atoms with Crippen molar-refractivity contribution in [3.63, 3.8) is 0 Å². The molecule has 0 aromatic carbocycles. The van der Waals surface area contributed by atoms with Crippen LogP contribution in [0.1, 0.15) is 66.0 Å². The molecule has 1 unspecified atom stereocenters. The number of rotatable bonds is 17. The van der Waals surface area contributed by atoms with E-state index in [1.165, 1.54) is 13.3 Å². The molecule has 2 heterocycles. The lowest BCUT2D eigenvalue weighted by molar-refractivity contribution is -0.196. The van der Waals surface area contributed by atoms with Gasteiger partial charge in [0.2, 0.25) is 29.5 Å². The molecule has 6 N–H and O–H groups in total. The van der Waals surface area contributed by atoms with E-state index in [4.69, 9.17) is 0 Å². The average Bonchev–Trinajstić information content (AvgIpc) is 3.61. The van der Waals surface area contributed by atoms with E-state index in [0.717, 1.165) is 0 Å². The molecule has 1 fully saturated rings. The van der Waals surface area contributed by atoms with Gasteiger partial charge in [-0.1, -0.05) is 34.1 Å². The number of aromatic amines is 1. The third-order valence-electron chi connectivity index (χ3n) is 6.85. The van der Waals surface area contributed by atoms with Gasteiger partial charge in [-0.3, -0.25) is 33.6 Å². The molecule has 7 amide bonds. The van der Waals surface area contributed by atoms with Crippen molar-refractivity contribution in [2.45, 2.75) is 84.8 Å². The van der Waals surface area contributed by atoms with Gasteiger partial charge in [0.1, 0.15) is 24.7 Å². The Hall–Kier alpha value is -4.83. The van der Waals surface area contributed by atoms with Gasteiger partial charge in [0.15, 0.2) is 0 Å². The Morgan fingerprint density at radius 3 is 2.13 bits per heavy atom. The Morgan fingerprint density at radius 1 is 0.911 bits per heavy atom. The van der Waals surface area contributed by atoms with Gasteiger partial charge in [-0.25, -0.2) is 9.78 Å². The number of nitrogens with zero attached hydrogens (tertiary/aromatic N) is 2. The molecule has 0 spiro atoms. The van der Waals surface area contributed by atoms with E-state index in [0.29, 0.717) is 17.2 Å². The number of H-pyrrole nitrogens is 1. The fourth-order valence-electron chi connectivity index (χ4n) is 4.30. The van der Waals surface area contributed by atoms with Crippen molar-refractivity contribution >= 4 is 47.3 Å². The monoisotopic (exact) mass is 634 g/mol. The lowest BCUT2D eigenvalue weighted by Crippen LogP contribution is -2.59. The molecule has 45 heavy (non-hydrogen) atoms. The SMILES string of the molecule is CCC(C)[C@H](NC(=O)[C@H](Cc1c[nH]cn1)NC(C)=O)C(=O)N[C@@H](CC(C)C)C(=O)NCC(=O)NCC(=O)ON1C(=O)CCC1=O. The van der Waals surface area contributed by atoms with Crippen LogP contribution in [-0.2, 0) is 49.6 Å². The van der Waals surface area contributed by atoms with E-state index >= 15 is 0 Å². The maximum atomic E-state index is 13.4. The average molecular weight is 635 g/mol. The lowest BCUT2D eigenvalue weighted by atomic mass is 9.96. The standard InChI is InChI=1S/C28H42N8O9/c1-6-16(4)25(35-27(43)20(33-17(5)37)10-18-11-29-14-32-18)28(44)34-19(9-15(2)3)26(42)31-12-21(38)30-13-24(41)45-36-22(39)7-8-23(36)40/h11,14-16,19-20,25H,6-10,12-13H2,1-5H3,(H,29,32)(H,30,38)(H,31,42)(H,33,37)(H,34,44)(H,35,43)/t16?,19-,20-,25-/m0/s1. The first-order valence-electron chi connectivity index (χ1n) is 14.7. The van der Waals surface area contributed by atoms with Crippen molar-refractivity contribution in [1.82, 2.24) is 41.6 Å². The number of hydrogen-bond acceptors (Lipinski definition) is 10. The highest BCUT2D eigenvalue weighted by atomic mass is 16.7. The van der Waals surface area contributed by atoms with Gasteiger partial charge in [-0.05, 0) is 18.3 Å². The largest absolute Gasteiger partial charge is 0.352 e. The summed E-state index contributed by atoms with van der Waals surface area (Å²) in [6.07, 6.45) is 3.66. The number of carbonyl (C=O) groups excluding carboxylic acids is 8. The third kappa shape index (κ3) is 12.0. The van der Waals surface area contributed by atoms with Gasteiger partial charge in [0.05, 0.1) is 18.6 Å². The van der Waals surface area contributed by atoms with E-state index in [2.05, 4.69) is 41.4 Å². The van der Waals surface area contributed by atoms with Crippen LogP contribution < -0.4 is 26.6 Å². The van der Waals surface area contributed by atoms with Crippen LogP contribution in [0.15, 0.2) is 12.5 Å². The molecule has 1 aliphatic heterocycles. The Morgan fingerprint density at radius 2 is 1.58 bits per heavy atom. The number of nitrogens with one attached hydrogen (secondary N) is 6. The minimum atomic E-state index is -1.07. The maximum Gasteiger partial charge on any atom is 0.352 e. The zero-order valence-corrected chi connectivity index (χ0v) is 26.1. The quantitative estimate of drug-likeness (QED) is 0.107. The lowest BCUT2D eigenvalue weighted by Gasteiger charge is -2.28. The van der Waals surface area contributed by atoms with Crippen molar-refractivity contribution < 1.29 is 43.2 Å². The van der Waals surface area contributed by atoms with Crippen molar-refractivity contribution in [2.75, 3.05) is 13.1 Å². The summed E-state index contributed by atoms with van der Waals surface area (Å²) >= 11 is 0. The smallest absolute Gasteiger partial charge is 0.351 e. The van der Waals surface area contributed by atoms with Crippen molar-refractivity contribution in [2.24, 2.45) is 11.8 Å². The first-order chi connectivity index (χ1) is 21.2. The number of aromatic nitrogens is 2. The van der Waals surface area contributed by atoms with E-state index in [-0.39, 0.29) is 37.5 Å². The fourth-order valence-corrected chi connectivity index (χ4v) is 4.30. The molecule has 1 aromatic rings. The van der Waals surface area contributed by atoms with Gasteiger partial charge in [-0.15, -0.1) is 5.06 Å². The molecule has 1 saturated heterocycles. The van der Waals surface area contributed by atoms with Crippen LogP contribution in [0.4, 0.5) is 0 Å². The van der Waals surface area contributed by atoms with E-state index in [1.54, 1.807) is 13.1 Å². The Bertz CT molecular complexity index is 1230. The maximum absolute atomic E-state index is 13.4. The number of amides is 7. The minimum Gasteiger partial charge on any atom is -0.351 e. The Labute approximate surface area is 260 Å². The normalized spacial score (nSPS) is 15.5. The van der Waals surface area contributed by atoms with Crippen LogP contribution in [0.2, 0.25) is 0 Å². The van der Waals surface area contributed by atoms with Crippen LogP contribution in [0.25, 0.3) is 0 Å². The van der Waals surface area contributed by atoms with Gasteiger partial charge >= 0.3 is 5.97 Å². The number of imide groups is 1. The van der Waals surface area contributed by atoms with Crippen LogP contribution in [-0.4, -0.2) is 93.6 Å². The molecule has 0 aliphatic carbocycles. The van der Waals surface area contributed by atoms with Crippen LogP contribution in [0.3, 0.4) is 0 Å². The summed E-state index contributed by atoms with van der Waals surface area (Å²) in [4.78, 5) is 110. The molecule has 4 atom stereocenters. The highest BCUT2D eigenvalue weighted by molar-refractivity contribution is 6.02. The summed E-state index contributed by atoms with van der Waals surface area (Å²) in [5.41, 5.74) is 0.528. The summed E-state index contributed by atoms with van der Waals surface area (Å²) in [6, 6.07) is -3.13. The predicted molar refractivity (Wildman–Crippen MR) is 156 cm³/mol. The summed E-state index contributed by atoms with van der Waals surface area (Å²) in [6.45, 7) is 7.32. The van der Waals surface area contributed by atoms with Crippen molar-refractivity contribution in [3.8, 4) is 0 Å². The Balaban J connectivity index is 2.00. The minimum absolute atomic E-state index is 0.0460. The van der Waals surface area contributed by atoms with Gasteiger partial charge in [0.25, 0.3) is 11.8 Å². The second-order valence-corrected chi connectivity index (χ2v) is 11.1. The molecular formula is C28H42N8O9. The number of hydroxylamine groups is 2. The van der Waals surface area contributed by atoms with Crippen LogP contribution in [0, 0.1) is 11.8 Å². The van der Waals surface area contributed by atoms with Crippen LogP contribution in [0.5, 0.6) is 0 Å². The second kappa shape index (κ2) is 17.5. The number of carbonyl (C=O) groups is 8. The van der Waals surface area contributed by atoms with Crippen molar-refractivity contribution in [1.29, 1.82) is 0 Å². The van der Waals surface area contributed by atoms with E-state index in [9.17, 15) is 38.4 Å². The molecule has 248 valence electrons. The molecule has 1 aromatic heterocycles. The van der Waals surface area contributed by atoms with Crippen LogP contribution >= 0.6 is 0 Å².